The van der Waals surface area contributed by atoms with E-state index in [1.165, 1.54) is 10.5 Å². The number of aliphatic carboxylic acids is 1. The van der Waals surface area contributed by atoms with E-state index in [4.69, 9.17) is 9.90 Å². The second-order valence-corrected chi connectivity index (χ2v) is 11.4. The highest BCUT2D eigenvalue weighted by atomic mass is 19.4. The number of alkyl halides is 3. The van der Waals surface area contributed by atoms with Gasteiger partial charge in [0.05, 0.1) is 18.4 Å². The van der Waals surface area contributed by atoms with Crippen LogP contribution in [0.2, 0.25) is 0 Å². The number of halogens is 3. The fraction of sp³-hybridized carbons (Fsp3) is 0.333. The molecule has 3 aromatic rings. The Hall–Kier alpha value is -4.51. The van der Waals surface area contributed by atoms with Crippen LogP contribution in [0, 0.1) is 18.8 Å². The van der Waals surface area contributed by atoms with E-state index in [1.54, 1.807) is 0 Å². The van der Waals surface area contributed by atoms with Crippen LogP contribution in [0.5, 0.6) is 0 Å². The summed E-state index contributed by atoms with van der Waals surface area (Å²) in [5.41, 5.74) is 2.97. The van der Waals surface area contributed by atoms with Crippen molar-refractivity contribution in [3.63, 3.8) is 0 Å². The largest absolute Gasteiger partial charge is 0.490 e. The van der Waals surface area contributed by atoms with Gasteiger partial charge in [-0.3, -0.25) is 24.6 Å². The maximum absolute atomic E-state index is 14.2. The molecule has 3 amide bonds. The zero-order valence-electron chi connectivity index (χ0n) is 24.0. The molecule has 8 nitrogen and oxygen atoms in total. The number of nitrogens with one attached hydrogen (secondary N) is 1. The molecule has 0 aliphatic carbocycles. The van der Waals surface area contributed by atoms with Gasteiger partial charge >= 0.3 is 12.1 Å². The number of likely N-dealkylation sites (tertiary alicyclic amines) is 2. The molecule has 2 N–H and O–H groups in total. The van der Waals surface area contributed by atoms with Crippen LogP contribution in [0.25, 0.3) is 0 Å². The molecular formula is C33H32F3N3O5. The zero-order chi connectivity index (χ0) is 31.6. The molecule has 3 aliphatic heterocycles. The van der Waals surface area contributed by atoms with Gasteiger partial charge in [-0.1, -0.05) is 90.5 Å². The number of hydrogen-bond donors (Lipinski definition) is 2. The number of imide groups is 1. The molecule has 0 aromatic heterocycles. The summed E-state index contributed by atoms with van der Waals surface area (Å²) >= 11 is 0. The zero-order valence-corrected chi connectivity index (χ0v) is 24.0. The fourth-order valence-electron chi connectivity index (χ4n) is 6.46. The minimum absolute atomic E-state index is 0.0736. The number of fused-ring (bicyclic) bond motifs is 2. The lowest BCUT2D eigenvalue weighted by Gasteiger charge is -2.42. The SMILES string of the molecule is Cc1ccc(CN2CCC[C@]3(N[C@H](c4ccccc4)[C@@H]4C(=O)N(Cc5ccccc5)C(=O)[C@@H]43)C2=O)cc1.O=C(O)C(F)(F)F. The predicted octanol–water partition coefficient (Wildman–Crippen LogP) is 4.64. The average molecular weight is 608 g/mol. The van der Waals surface area contributed by atoms with Crippen molar-refractivity contribution in [3.8, 4) is 0 Å². The first-order valence-electron chi connectivity index (χ1n) is 14.3. The summed E-state index contributed by atoms with van der Waals surface area (Å²) in [5, 5.41) is 10.7. The van der Waals surface area contributed by atoms with Crippen LogP contribution < -0.4 is 5.32 Å². The quantitative estimate of drug-likeness (QED) is 0.410. The lowest BCUT2D eigenvalue weighted by atomic mass is 9.74. The van der Waals surface area contributed by atoms with Gasteiger partial charge in [0.1, 0.15) is 5.54 Å². The van der Waals surface area contributed by atoms with Crippen LogP contribution in [0.1, 0.15) is 41.1 Å². The molecule has 230 valence electrons. The number of rotatable bonds is 5. The molecule has 3 fully saturated rings. The highest BCUT2D eigenvalue weighted by Crippen LogP contribution is 2.52. The Morgan fingerprint density at radius 3 is 2.05 bits per heavy atom. The van der Waals surface area contributed by atoms with E-state index in [2.05, 4.69) is 17.4 Å². The van der Waals surface area contributed by atoms with Crippen molar-refractivity contribution < 1.29 is 37.5 Å². The van der Waals surface area contributed by atoms with Crippen molar-refractivity contribution in [2.45, 2.75) is 50.6 Å². The first-order valence-corrected chi connectivity index (χ1v) is 14.3. The van der Waals surface area contributed by atoms with E-state index in [-0.39, 0.29) is 24.3 Å². The molecule has 0 radical (unpaired) electrons. The molecule has 3 heterocycles. The number of piperidine rings is 1. The van der Waals surface area contributed by atoms with Gasteiger partial charge in [-0.15, -0.1) is 0 Å². The Morgan fingerprint density at radius 1 is 0.886 bits per heavy atom. The topological polar surface area (TPSA) is 107 Å². The molecule has 0 unspecified atom stereocenters. The van der Waals surface area contributed by atoms with E-state index in [0.29, 0.717) is 19.5 Å². The third-order valence-electron chi connectivity index (χ3n) is 8.49. The number of carbonyl (C=O) groups excluding carboxylic acids is 3. The third-order valence-corrected chi connectivity index (χ3v) is 8.49. The van der Waals surface area contributed by atoms with Gasteiger partial charge in [-0.05, 0) is 36.5 Å². The molecule has 6 rings (SSSR count). The number of nitrogens with zero attached hydrogens (tertiary/aromatic N) is 2. The summed E-state index contributed by atoms with van der Waals surface area (Å²) in [4.78, 5) is 54.2. The number of amides is 3. The van der Waals surface area contributed by atoms with E-state index in [9.17, 15) is 27.6 Å². The van der Waals surface area contributed by atoms with Crippen molar-refractivity contribution >= 4 is 23.7 Å². The molecule has 3 saturated heterocycles. The molecular weight excluding hydrogens is 575 g/mol. The van der Waals surface area contributed by atoms with Crippen molar-refractivity contribution in [2.75, 3.05) is 6.54 Å². The molecule has 4 atom stereocenters. The summed E-state index contributed by atoms with van der Waals surface area (Å²) in [7, 11) is 0. The summed E-state index contributed by atoms with van der Waals surface area (Å²) in [6.07, 6.45) is -3.77. The van der Waals surface area contributed by atoms with Gasteiger partial charge in [0.25, 0.3) is 0 Å². The summed E-state index contributed by atoms with van der Waals surface area (Å²) in [6, 6.07) is 27.1. The Balaban J connectivity index is 0.000000493. The van der Waals surface area contributed by atoms with Crippen LogP contribution in [0.4, 0.5) is 13.2 Å². The Kier molecular flexibility index (Phi) is 8.60. The van der Waals surface area contributed by atoms with E-state index in [1.807, 2.05) is 84.6 Å². The molecule has 11 heteroatoms. The van der Waals surface area contributed by atoms with Crippen LogP contribution in [0.15, 0.2) is 84.9 Å². The summed E-state index contributed by atoms with van der Waals surface area (Å²) < 4.78 is 31.7. The number of carboxylic acid groups (broad SMARTS) is 1. The van der Waals surface area contributed by atoms with Gasteiger partial charge < -0.3 is 10.0 Å². The lowest BCUT2D eigenvalue weighted by molar-refractivity contribution is -0.192. The first-order chi connectivity index (χ1) is 20.9. The minimum atomic E-state index is -5.08. The number of benzene rings is 3. The minimum Gasteiger partial charge on any atom is -0.475 e. The second-order valence-electron chi connectivity index (χ2n) is 11.4. The van der Waals surface area contributed by atoms with E-state index in [0.717, 1.165) is 23.1 Å². The average Bonchev–Trinajstić information content (AvgIpc) is 3.47. The first kappa shape index (κ1) is 30.9. The standard InChI is InChI=1S/C31H31N3O3.C2HF3O2/c1-21-13-15-23(16-14-21)19-33-18-8-17-31(30(33)37)26-25(27(32-31)24-11-6-3-7-12-24)28(35)34(29(26)36)20-22-9-4-2-5-10-22;3-2(4,5)1(6)7/h2-7,9-16,25-27,32H,8,17-20H2,1H3;(H,6,7)/t25-,26-,27-,31-;/m1./s1. The van der Waals surface area contributed by atoms with Crippen LogP contribution in [-0.2, 0) is 32.3 Å². The van der Waals surface area contributed by atoms with Gasteiger partial charge in [0, 0.05) is 19.1 Å². The Labute approximate surface area is 252 Å². The number of carboxylic acids is 1. The third kappa shape index (κ3) is 5.96. The molecule has 3 aromatic carbocycles. The number of carbonyl (C=O) groups is 4. The molecule has 1 spiro atoms. The van der Waals surface area contributed by atoms with Crippen molar-refractivity contribution in [3.05, 3.63) is 107 Å². The summed E-state index contributed by atoms with van der Waals surface area (Å²) in [6.45, 7) is 3.40. The van der Waals surface area contributed by atoms with Crippen LogP contribution in [0.3, 0.4) is 0 Å². The van der Waals surface area contributed by atoms with Gasteiger partial charge in [-0.25, -0.2) is 4.79 Å². The van der Waals surface area contributed by atoms with E-state index >= 15 is 0 Å². The van der Waals surface area contributed by atoms with Crippen molar-refractivity contribution in [2.24, 2.45) is 11.8 Å². The molecule has 3 aliphatic rings. The van der Waals surface area contributed by atoms with Crippen molar-refractivity contribution in [1.29, 1.82) is 0 Å². The van der Waals surface area contributed by atoms with Gasteiger partial charge in [-0.2, -0.15) is 13.2 Å². The predicted molar refractivity (Wildman–Crippen MR) is 154 cm³/mol. The monoisotopic (exact) mass is 607 g/mol. The van der Waals surface area contributed by atoms with Crippen molar-refractivity contribution in [1.82, 2.24) is 15.1 Å². The maximum atomic E-state index is 14.2. The van der Waals surface area contributed by atoms with Gasteiger partial charge in [0.2, 0.25) is 17.7 Å². The number of hydrogen-bond acceptors (Lipinski definition) is 5. The normalized spacial score (nSPS) is 24.7. The highest BCUT2D eigenvalue weighted by Gasteiger charge is 2.68. The highest BCUT2D eigenvalue weighted by molar-refractivity contribution is 6.10. The van der Waals surface area contributed by atoms with Crippen LogP contribution in [-0.4, -0.2) is 56.9 Å². The van der Waals surface area contributed by atoms with Gasteiger partial charge in [0.15, 0.2) is 0 Å². The fourth-order valence-corrected chi connectivity index (χ4v) is 6.46. The van der Waals surface area contributed by atoms with Crippen LogP contribution >= 0.6 is 0 Å². The lowest BCUT2D eigenvalue weighted by Crippen LogP contribution is -2.63. The van der Waals surface area contributed by atoms with E-state index < -0.39 is 35.6 Å². The maximum Gasteiger partial charge on any atom is 0.490 e. The second kappa shape index (κ2) is 12.2. The molecule has 0 saturated carbocycles. The Morgan fingerprint density at radius 2 is 1.45 bits per heavy atom. The molecule has 44 heavy (non-hydrogen) atoms. The summed E-state index contributed by atoms with van der Waals surface area (Å²) in [5.74, 6) is -4.59. The Bertz CT molecular complexity index is 1530. The molecule has 0 bridgehead atoms. The smallest absolute Gasteiger partial charge is 0.475 e. The number of aryl methyl sites for hydroxylation is 1.